The first-order valence-electron chi connectivity index (χ1n) is 13.5. The van der Waals surface area contributed by atoms with Gasteiger partial charge in [-0.1, -0.05) is 121 Å². The van der Waals surface area contributed by atoms with Crippen molar-refractivity contribution in [2.45, 2.75) is 6.18 Å². The summed E-state index contributed by atoms with van der Waals surface area (Å²) in [4.78, 5) is 24.3. The quantitative estimate of drug-likeness (QED) is 0.158. The molecule has 0 aliphatic rings. The fourth-order valence-corrected chi connectivity index (χ4v) is 8.15. The largest absolute Gasteiger partial charge is 0.506 e. The maximum Gasteiger partial charge on any atom is 0.455 e. The molecular formula is C35H23EuF3NO4P. The summed E-state index contributed by atoms with van der Waals surface area (Å²) in [5.74, 6) is -3.30. The third-order valence-electron chi connectivity index (χ3n) is 7.45. The number of benzene rings is 5. The van der Waals surface area contributed by atoms with Gasteiger partial charge in [-0.3, -0.25) is 14.0 Å². The molecule has 2 heterocycles. The zero-order valence-electron chi connectivity index (χ0n) is 23.3. The summed E-state index contributed by atoms with van der Waals surface area (Å²) in [7, 11) is -2.78. The second-order valence-electron chi connectivity index (χ2n) is 10.0. The van der Waals surface area contributed by atoms with E-state index in [2.05, 4.69) is 0 Å². The van der Waals surface area contributed by atoms with Crippen molar-refractivity contribution in [1.82, 2.24) is 4.40 Å². The van der Waals surface area contributed by atoms with Crippen molar-refractivity contribution in [2.24, 2.45) is 0 Å². The van der Waals surface area contributed by atoms with Gasteiger partial charge < -0.3 is 9.67 Å². The molecule has 5 aromatic carbocycles. The molecule has 0 amide bonds. The Labute approximate surface area is 296 Å². The van der Waals surface area contributed by atoms with Crippen molar-refractivity contribution >= 4 is 56.0 Å². The van der Waals surface area contributed by atoms with E-state index in [-0.39, 0.29) is 54.8 Å². The van der Waals surface area contributed by atoms with Crippen LogP contribution in [0.4, 0.5) is 13.2 Å². The number of aromatic hydroxyl groups is 1. The fourth-order valence-electron chi connectivity index (χ4n) is 5.48. The van der Waals surface area contributed by atoms with E-state index in [9.17, 15) is 32.4 Å². The van der Waals surface area contributed by atoms with Gasteiger partial charge in [0.25, 0.3) is 11.3 Å². The van der Waals surface area contributed by atoms with Gasteiger partial charge in [-0.15, -0.1) is 0 Å². The number of nitrogens with zero attached hydrogens (tertiary/aromatic N) is 1. The number of halogens is 3. The predicted molar refractivity (Wildman–Crippen MR) is 168 cm³/mol. The van der Waals surface area contributed by atoms with Crippen molar-refractivity contribution in [1.29, 1.82) is 0 Å². The van der Waals surface area contributed by atoms with E-state index >= 15 is 0 Å². The van der Waals surface area contributed by atoms with Gasteiger partial charge >= 0.3 is 6.18 Å². The van der Waals surface area contributed by atoms with Crippen molar-refractivity contribution in [2.75, 3.05) is 0 Å². The monoisotopic (exact) mass is 762 g/mol. The van der Waals surface area contributed by atoms with Crippen molar-refractivity contribution in [3.63, 3.8) is 0 Å². The zero-order valence-corrected chi connectivity index (χ0v) is 26.6. The van der Waals surface area contributed by atoms with Gasteiger partial charge in [-0.25, -0.2) is 0 Å². The first-order valence-corrected chi connectivity index (χ1v) is 15.2. The summed E-state index contributed by atoms with van der Waals surface area (Å²) in [6.07, 6.45) is -5.26. The number of aromatic nitrogens is 1. The van der Waals surface area contributed by atoms with E-state index in [0.717, 1.165) is 20.3 Å². The van der Waals surface area contributed by atoms with E-state index in [1.165, 1.54) is 6.07 Å². The second-order valence-corrected chi connectivity index (χ2v) is 12.8. The smallest absolute Gasteiger partial charge is 0.455 e. The Morgan fingerprint density at radius 1 is 0.622 bits per heavy atom. The van der Waals surface area contributed by atoms with Gasteiger partial charge in [0.15, 0.2) is 7.14 Å². The molecule has 7 rings (SSSR count). The Balaban J connectivity index is 0.000000177. The number of para-hydroxylation sites is 2. The van der Waals surface area contributed by atoms with Gasteiger partial charge in [-0.2, -0.15) is 13.2 Å². The topological polar surface area (TPSA) is 75.8 Å². The third-order valence-corrected chi connectivity index (χ3v) is 10.5. The molecular weight excluding hydrogens is 738 g/mol. The maximum absolute atomic E-state index is 13.8. The Bertz CT molecular complexity index is 2140. The average Bonchev–Trinajstić information content (AvgIpc) is 3.40. The molecule has 45 heavy (non-hydrogen) atoms. The predicted octanol–water partition coefficient (Wildman–Crippen LogP) is 6.82. The molecule has 1 N–H and O–H groups in total. The van der Waals surface area contributed by atoms with E-state index in [0.29, 0.717) is 21.8 Å². The third kappa shape index (κ3) is 5.79. The van der Waals surface area contributed by atoms with E-state index in [4.69, 9.17) is 0 Å². The van der Waals surface area contributed by atoms with Crippen LogP contribution in [-0.4, -0.2) is 21.5 Å². The Kier molecular flexibility index (Phi) is 9.47. The number of hydrogen-bond donors (Lipinski definition) is 1. The number of ketones is 1. The van der Waals surface area contributed by atoms with Crippen LogP contribution in [0.1, 0.15) is 10.4 Å². The zero-order chi connectivity index (χ0) is 31.1. The summed E-state index contributed by atoms with van der Waals surface area (Å²) < 4.78 is 53.4. The number of alkyl halides is 3. The molecule has 0 aliphatic carbocycles. The van der Waals surface area contributed by atoms with Crippen LogP contribution in [0.2, 0.25) is 0 Å². The van der Waals surface area contributed by atoms with Crippen LogP contribution in [-0.2, 0) is 4.57 Å². The molecule has 7 aromatic rings. The standard InChI is InChI=1S/C18H15OP.C17H8F3NO3.Eu/c19-20(16-10-4-1-5-11-16,17-12-6-2-7-13-17)18-14-8-3-9-15-18;18-17(19,20)15(23)12-14(22)10-6-3-5-9-8-4-1-2-7-11(8)21(13(9)10)16(12)24;/h1-15H;1-7,22H;. The number of pyridine rings is 1. The summed E-state index contributed by atoms with van der Waals surface area (Å²) in [5.41, 5.74) is -1.77. The molecule has 10 heteroatoms. The van der Waals surface area contributed by atoms with Crippen molar-refractivity contribution in [3.05, 3.63) is 149 Å². The summed E-state index contributed by atoms with van der Waals surface area (Å²) in [5, 5.41) is 14.1. The van der Waals surface area contributed by atoms with Crippen molar-refractivity contribution < 1.29 is 77.0 Å². The van der Waals surface area contributed by atoms with Gasteiger partial charge in [-0.05, 0) is 12.1 Å². The minimum atomic E-state index is -5.26. The molecule has 0 fully saturated rings. The van der Waals surface area contributed by atoms with Crippen LogP contribution < -0.4 is 21.5 Å². The SMILES string of the molecule is O=C(c1c(O)c2cccc3c4ccccc4n(c1=O)c23)C(F)(F)F.O=P(c1ccccc1)(c1ccccc1)c1ccccc1.[Eu]. The van der Waals surface area contributed by atoms with Crippen LogP contribution in [0.15, 0.2) is 138 Å². The van der Waals surface area contributed by atoms with Crippen LogP contribution >= 0.6 is 7.14 Å². The maximum atomic E-state index is 13.8. The number of carbonyl (C=O) groups is 1. The van der Waals surface area contributed by atoms with Crippen LogP contribution in [0, 0.1) is 49.4 Å². The summed E-state index contributed by atoms with van der Waals surface area (Å²) in [6.45, 7) is 0. The molecule has 0 saturated carbocycles. The second kappa shape index (κ2) is 13.0. The first kappa shape index (κ1) is 32.8. The normalized spacial score (nSPS) is 11.6. The number of fused-ring (bicyclic) bond motifs is 3. The van der Waals surface area contributed by atoms with E-state index in [1.54, 1.807) is 36.4 Å². The minimum absolute atomic E-state index is 0. The summed E-state index contributed by atoms with van der Waals surface area (Å²) in [6, 6.07) is 40.5. The Hall–Kier alpha value is -3.62. The Morgan fingerprint density at radius 3 is 1.53 bits per heavy atom. The van der Waals surface area contributed by atoms with Gasteiger partial charge in [0.1, 0.15) is 11.3 Å². The van der Waals surface area contributed by atoms with Crippen LogP contribution in [0.3, 0.4) is 0 Å². The van der Waals surface area contributed by atoms with E-state index < -0.39 is 36.0 Å². The molecule has 0 saturated heterocycles. The number of carbonyl (C=O) groups excluding carboxylic acids is 1. The molecule has 0 spiro atoms. The minimum Gasteiger partial charge on any atom is -0.506 e. The molecule has 0 bridgehead atoms. The average molecular weight is 762 g/mol. The molecule has 2 aromatic heterocycles. The number of rotatable bonds is 4. The molecule has 225 valence electrons. The Morgan fingerprint density at radius 2 is 1.04 bits per heavy atom. The number of Topliss-reactive ketones (excluding diaryl/α,β-unsaturated/α-hetero) is 1. The van der Waals surface area contributed by atoms with Gasteiger partial charge in [0.2, 0.25) is 0 Å². The molecule has 1 radical (unpaired) electrons. The first-order chi connectivity index (χ1) is 21.1. The fraction of sp³-hybridized carbons (Fsp3) is 0.0286. The molecule has 5 nitrogen and oxygen atoms in total. The molecule has 0 aliphatic heterocycles. The van der Waals surface area contributed by atoms with E-state index in [1.807, 2.05) is 91.0 Å². The van der Waals surface area contributed by atoms with Crippen molar-refractivity contribution in [3.8, 4) is 5.75 Å². The van der Waals surface area contributed by atoms with Gasteiger partial charge in [0, 0.05) is 81.4 Å². The number of hydrogen-bond acceptors (Lipinski definition) is 4. The van der Waals surface area contributed by atoms with Gasteiger partial charge in [0.05, 0.1) is 11.0 Å². The molecule has 0 unspecified atom stereocenters. The molecule has 0 atom stereocenters. The van der Waals surface area contributed by atoms with Crippen LogP contribution in [0.5, 0.6) is 5.75 Å². The van der Waals surface area contributed by atoms with Crippen LogP contribution in [0.25, 0.3) is 27.2 Å². The summed E-state index contributed by atoms with van der Waals surface area (Å²) >= 11 is 0.